The highest BCUT2D eigenvalue weighted by Gasteiger charge is 2.34. The third kappa shape index (κ3) is 4.02. The molecule has 0 spiro atoms. The van der Waals surface area contributed by atoms with Crippen molar-refractivity contribution in [3.8, 4) is 11.5 Å². The zero-order valence-corrected chi connectivity index (χ0v) is 17.1. The van der Waals surface area contributed by atoms with E-state index in [1.54, 1.807) is 29.2 Å². The Hall–Kier alpha value is -4.00. The number of hydrogen-bond acceptors (Lipinski definition) is 6. The summed E-state index contributed by atoms with van der Waals surface area (Å²) in [6, 6.07) is 20.2. The summed E-state index contributed by atoms with van der Waals surface area (Å²) in [5, 5.41) is 14.2. The normalized spacial score (nSPS) is 15.1. The van der Waals surface area contributed by atoms with Crippen LogP contribution in [0, 0.1) is 6.92 Å². The standard InChI is InChI=1S/C24H22N2O5/c1-15-7-10-17(11-8-15)26-23(25-19-6-4-3-5-18(19)24(26)29)16-9-12-20(21(13-16)30-2)31-14-22(27)28/h3-13,23,25H,14H2,1-2H3,(H,27,28)/p-1/t23-/m0/s1. The Kier molecular flexibility index (Phi) is 5.49. The molecule has 0 aliphatic carbocycles. The summed E-state index contributed by atoms with van der Waals surface area (Å²) < 4.78 is 10.6. The summed E-state index contributed by atoms with van der Waals surface area (Å²) in [6.07, 6.45) is -0.505. The number of carbonyl (C=O) groups excluding carboxylic acids is 2. The van der Waals surface area contributed by atoms with Crippen molar-refractivity contribution < 1.29 is 24.2 Å². The zero-order chi connectivity index (χ0) is 22.0. The number of aliphatic carboxylic acids is 1. The van der Waals surface area contributed by atoms with E-state index in [4.69, 9.17) is 9.47 Å². The van der Waals surface area contributed by atoms with Gasteiger partial charge in [-0.2, -0.15) is 0 Å². The Bertz CT molecular complexity index is 1130. The van der Waals surface area contributed by atoms with E-state index in [1.807, 2.05) is 49.4 Å². The molecule has 31 heavy (non-hydrogen) atoms. The first-order chi connectivity index (χ1) is 15.0. The third-order valence-electron chi connectivity index (χ3n) is 5.09. The summed E-state index contributed by atoms with van der Waals surface area (Å²) in [7, 11) is 1.47. The number of hydrogen-bond donors (Lipinski definition) is 1. The minimum Gasteiger partial charge on any atom is -0.546 e. The van der Waals surface area contributed by atoms with Gasteiger partial charge in [-0.15, -0.1) is 0 Å². The van der Waals surface area contributed by atoms with Crippen LogP contribution in [-0.2, 0) is 4.79 Å². The Morgan fingerprint density at radius 3 is 2.52 bits per heavy atom. The van der Waals surface area contributed by atoms with Crippen LogP contribution in [0.2, 0.25) is 0 Å². The first kappa shape index (κ1) is 20.3. The highest BCUT2D eigenvalue weighted by atomic mass is 16.5. The molecular weight excluding hydrogens is 396 g/mol. The Balaban J connectivity index is 1.77. The van der Waals surface area contributed by atoms with Gasteiger partial charge in [0.2, 0.25) is 0 Å². The van der Waals surface area contributed by atoms with Gasteiger partial charge in [0.1, 0.15) is 12.8 Å². The largest absolute Gasteiger partial charge is 0.546 e. The lowest BCUT2D eigenvalue weighted by Gasteiger charge is -2.38. The number of amides is 1. The lowest BCUT2D eigenvalue weighted by Crippen LogP contribution is -2.43. The molecule has 0 saturated carbocycles. The Morgan fingerprint density at radius 2 is 1.81 bits per heavy atom. The number of nitrogens with zero attached hydrogens (tertiary/aromatic N) is 1. The topological polar surface area (TPSA) is 90.9 Å². The lowest BCUT2D eigenvalue weighted by molar-refractivity contribution is -0.307. The van der Waals surface area contributed by atoms with Crippen LogP contribution in [0.3, 0.4) is 0 Å². The fourth-order valence-electron chi connectivity index (χ4n) is 3.57. The molecule has 3 aromatic rings. The molecule has 7 heteroatoms. The molecule has 158 valence electrons. The third-order valence-corrected chi connectivity index (χ3v) is 5.09. The average Bonchev–Trinajstić information content (AvgIpc) is 2.78. The van der Waals surface area contributed by atoms with Gasteiger partial charge in [-0.1, -0.05) is 35.9 Å². The molecule has 0 aromatic heterocycles. The highest BCUT2D eigenvalue weighted by Crippen LogP contribution is 2.39. The maximum atomic E-state index is 13.4. The summed E-state index contributed by atoms with van der Waals surface area (Å²) in [4.78, 5) is 25.9. The Labute approximate surface area is 179 Å². The van der Waals surface area contributed by atoms with E-state index in [2.05, 4.69) is 5.32 Å². The predicted molar refractivity (Wildman–Crippen MR) is 114 cm³/mol. The molecule has 1 aliphatic rings. The molecule has 1 heterocycles. The van der Waals surface area contributed by atoms with Crippen LogP contribution in [0.25, 0.3) is 0 Å². The first-order valence-electron chi connectivity index (χ1n) is 9.74. The molecule has 0 fully saturated rings. The van der Waals surface area contributed by atoms with Gasteiger partial charge in [0.15, 0.2) is 11.5 Å². The molecule has 4 rings (SSSR count). The molecule has 0 saturated heterocycles. The number of rotatable bonds is 6. The van der Waals surface area contributed by atoms with Gasteiger partial charge in [0.25, 0.3) is 5.91 Å². The van der Waals surface area contributed by atoms with E-state index in [1.165, 1.54) is 7.11 Å². The molecule has 1 amide bonds. The number of carbonyl (C=O) groups is 2. The number of nitrogens with one attached hydrogen (secondary N) is 1. The van der Waals surface area contributed by atoms with Crippen molar-refractivity contribution in [2.24, 2.45) is 0 Å². The van der Waals surface area contributed by atoms with Gasteiger partial charge in [0, 0.05) is 11.4 Å². The minimum atomic E-state index is -1.33. The number of anilines is 2. The molecule has 1 N–H and O–H groups in total. The van der Waals surface area contributed by atoms with Crippen LogP contribution in [0.4, 0.5) is 11.4 Å². The quantitative estimate of drug-likeness (QED) is 0.663. The monoisotopic (exact) mass is 417 g/mol. The van der Waals surface area contributed by atoms with Crippen LogP contribution in [0.15, 0.2) is 66.7 Å². The van der Waals surface area contributed by atoms with E-state index in [0.717, 1.165) is 22.5 Å². The SMILES string of the molecule is COc1cc([C@H]2Nc3ccccc3C(=O)N2c2ccc(C)cc2)ccc1OCC(=O)[O-]. The van der Waals surface area contributed by atoms with E-state index < -0.39 is 18.7 Å². The van der Waals surface area contributed by atoms with Crippen LogP contribution in [0.1, 0.15) is 27.7 Å². The number of para-hydroxylation sites is 1. The van der Waals surface area contributed by atoms with Crippen molar-refractivity contribution in [3.05, 3.63) is 83.4 Å². The number of aryl methyl sites for hydroxylation is 1. The molecule has 1 aliphatic heterocycles. The van der Waals surface area contributed by atoms with Crippen LogP contribution >= 0.6 is 0 Å². The van der Waals surface area contributed by atoms with E-state index in [0.29, 0.717) is 11.3 Å². The number of carboxylic acid groups (broad SMARTS) is 1. The van der Waals surface area contributed by atoms with Crippen molar-refractivity contribution in [2.75, 3.05) is 23.9 Å². The van der Waals surface area contributed by atoms with Gasteiger partial charge >= 0.3 is 0 Å². The minimum absolute atomic E-state index is 0.126. The van der Waals surface area contributed by atoms with Crippen molar-refractivity contribution in [1.82, 2.24) is 0 Å². The van der Waals surface area contributed by atoms with E-state index in [9.17, 15) is 14.7 Å². The molecule has 7 nitrogen and oxygen atoms in total. The summed E-state index contributed by atoms with van der Waals surface area (Å²) in [6.45, 7) is 1.40. The van der Waals surface area contributed by atoms with Crippen LogP contribution < -0.4 is 24.8 Å². The number of fused-ring (bicyclic) bond motifs is 1. The second-order valence-corrected chi connectivity index (χ2v) is 7.17. The summed E-state index contributed by atoms with van der Waals surface area (Å²) >= 11 is 0. The molecule has 3 aromatic carbocycles. The van der Waals surface area contributed by atoms with Gasteiger partial charge in [0.05, 0.1) is 18.6 Å². The highest BCUT2D eigenvalue weighted by molar-refractivity contribution is 6.12. The van der Waals surface area contributed by atoms with E-state index >= 15 is 0 Å². The van der Waals surface area contributed by atoms with Gasteiger partial charge < -0.3 is 24.7 Å². The van der Waals surface area contributed by atoms with Crippen molar-refractivity contribution in [2.45, 2.75) is 13.1 Å². The Morgan fingerprint density at radius 1 is 1.06 bits per heavy atom. The average molecular weight is 417 g/mol. The molecule has 1 atom stereocenters. The van der Waals surface area contributed by atoms with Crippen LogP contribution in [0.5, 0.6) is 11.5 Å². The van der Waals surface area contributed by atoms with Gasteiger partial charge in [-0.3, -0.25) is 9.69 Å². The lowest BCUT2D eigenvalue weighted by atomic mass is 10.0. The predicted octanol–water partition coefficient (Wildman–Crippen LogP) is 2.90. The number of ether oxygens (including phenoxy) is 2. The second-order valence-electron chi connectivity index (χ2n) is 7.17. The van der Waals surface area contributed by atoms with Crippen LogP contribution in [-0.4, -0.2) is 25.6 Å². The van der Waals surface area contributed by atoms with Gasteiger partial charge in [-0.05, 0) is 48.9 Å². The smallest absolute Gasteiger partial charge is 0.262 e. The van der Waals surface area contributed by atoms with Crippen molar-refractivity contribution in [3.63, 3.8) is 0 Å². The molecule has 0 unspecified atom stereocenters. The summed E-state index contributed by atoms with van der Waals surface area (Å²) in [5.41, 5.74) is 3.91. The maximum Gasteiger partial charge on any atom is 0.262 e. The van der Waals surface area contributed by atoms with Crippen molar-refractivity contribution >= 4 is 23.3 Å². The molecule has 0 radical (unpaired) electrons. The number of benzene rings is 3. The molecular formula is C24H21N2O5-. The second kappa shape index (κ2) is 8.39. The zero-order valence-electron chi connectivity index (χ0n) is 17.1. The fraction of sp³-hybridized carbons (Fsp3) is 0.167. The number of carboxylic acids is 1. The first-order valence-corrected chi connectivity index (χ1v) is 9.74. The van der Waals surface area contributed by atoms with E-state index in [-0.39, 0.29) is 11.7 Å². The fourth-order valence-corrected chi connectivity index (χ4v) is 3.57. The van der Waals surface area contributed by atoms with Gasteiger partial charge in [-0.25, -0.2) is 0 Å². The maximum absolute atomic E-state index is 13.4. The molecule has 0 bridgehead atoms. The number of methoxy groups -OCH3 is 1. The van der Waals surface area contributed by atoms with Crippen molar-refractivity contribution in [1.29, 1.82) is 0 Å². The summed E-state index contributed by atoms with van der Waals surface area (Å²) in [5.74, 6) is -0.817.